The van der Waals surface area contributed by atoms with Crippen molar-refractivity contribution in [3.8, 4) is 5.75 Å². The molecule has 0 fully saturated rings. The Morgan fingerprint density at radius 3 is 2.62 bits per heavy atom. The fraction of sp³-hybridized carbons (Fsp3) is 0.222. The molecule has 70 valence electrons. The summed E-state index contributed by atoms with van der Waals surface area (Å²) in [7, 11) is 0. The van der Waals surface area contributed by atoms with Gasteiger partial charge in [-0.1, -0.05) is 6.07 Å². The molecule has 1 amide bonds. The summed E-state index contributed by atoms with van der Waals surface area (Å²) in [4.78, 5) is 10.8. The molecule has 5 N–H and O–H groups in total. The molecule has 0 saturated heterocycles. The van der Waals surface area contributed by atoms with Gasteiger partial charge in [0, 0.05) is 6.04 Å². The van der Waals surface area contributed by atoms with E-state index in [1.807, 2.05) is 0 Å². The average molecular weight is 180 g/mol. The van der Waals surface area contributed by atoms with Gasteiger partial charge in [0.15, 0.2) is 0 Å². The smallest absolute Gasteiger partial charge is 0.252 e. The zero-order chi connectivity index (χ0) is 10.0. The first-order valence-corrected chi connectivity index (χ1v) is 3.90. The molecule has 1 atom stereocenters. The van der Waals surface area contributed by atoms with Crippen LogP contribution in [0.2, 0.25) is 0 Å². The van der Waals surface area contributed by atoms with E-state index < -0.39 is 5.91 Å². The molecular weight excluding hydrogens is 168 g/mol. The lowest BCUT2D eigenvalue weighted by molar-refractivity contribution is 0.0997. The van der Waals surface area contributed by atoms with Crippen LogP contribution in [0.1, 0.15) is 28.9 Å². The van der Waals surface area contributed by atoms with E-state index in [2.05, 4.69) is 0 Å². The van der Waals surface area contributed by atoms with Gasteiger partial charge < -0.3 is 16.6 Å². The summed E-state index contributed by atoms with van der Waals surface area (Å²) in [6, 6.07) is 4.40. The number of amides is 1. The highest BCUT2D eigenvalue weighted by Gasteiger charge is 2.09. The van der Waals surface area contributed by atoms with Gasteiger partial charge in [0.2, 0.25) is 0 Å². The van der Waals surface area contributed by atoms with Crippen LogP contribution in [0, 0.1) is 0 Å². The topological polar surface area (TPSA) is 89.3 Å². The second kappa shape index (κ2) is 3.45. The van der Waals surface area contributed by atoms with Crippen LogP contribution >= 0.6 is 0 Å². The molecule has 1 aromatic carbocycles. The number of aromatic hydroxyl groups is 1. The first-order chi connectivity index (χ1) is 6.02. The standard InChI is InChI=1S/C9H12N2O2/c1-5(10)6-2-3-8(12)7(4-6)9(11)13/h2-5,12H,10H2,1H3,(H2,11,13). The average Bonchev–Trinajstić information content (AvgIpc) is 2.04. The molecule has 4 heteroatoms. The molecule has 0 saturated carbocycles. The number of hydrogen-bond donors (Lipinski definition) is 3. The van der Waals surface area contributed by atoms with Gasteiger partial charge in [-0.15, -0.1) is 0 Å². The number of rotatable bonds is 2. The molecule has 0 radical (unpaired) electrons. The van der Waals surface area contributed by atoms with Crippen molar-refractivity contribution in [2.45, 2.75) is 13.0 Å². The zero-order valence-corrected chi connectivity index (χ0v) is 7.32. The molecule has 0 spiro atoms. The Kier molecular flexibility index (Phi) is 2.53. The lowest BCUT2D eigenvalue weighted by Crippen LogP contribution is -2.13. The normalized spacial score (nSPS) is 12.5. The van der Waals surface area contributed by atoms with Crippen molar-refractivity contribution in [3.05, 3.63) is 29.3 Å². The maximum atomic E-state index is 10.8. The summed E-state index contributed by atoms with van der Waals surface area (Å²) in [5.74, 6) is -0.767. The summed E-state index contributed by atoms with van der Waals surface area (Å²) in [5.41, 5.74) is 11.5. The first-order valence-electron chi connectivity index (χ1n) is 3.90. The molecule has 0 aromatic heterocycles. The van der Waals surface area contributed by atoms with Crippen LogP contribution in [0.4, 0.5) is 0 Å². The minimum atomic E-state index is -0.653. The summed E-state index contributed by atoms with van der Waals surface area (Å²) in [6.07, 6.45) is 0. The predicted molar refractivity (Wildman–Crippen MR) is 49.2 cm³/mol. The maximum absolute atomic E-state index is 10.8. The van der Waals surface area contributed by atoms with Crippen LogP contribution in [-0.2, 0) is 0 Å². The Morgan fingerprint density at radius 1 is 1.54 bits per heavy atom. The van der Waals surface area contributed by atoms with Gasteiger partial charge in [-0.2, -0.15) is 0 Å². The Morgan fingerprint density at radius 2 is 2.15 bits per heavy atom. The molecule has 0 aliphatic heterocycles. The summed E-state index contributed by atoms with van der Waals surface area (Å²) in [6.45, 7) is 1.79. The van der Waals surface area contributed by atoms with Gasteiger partial charge in [-0.3, -0.25) is 4.79 Å². The van der Waals surface area contributed by atoms with Gasteiger partial charge in [0.25, 0.3) is 5.91 Å². The van der Waals surface area contributed by atoms with Crippen molar-refractivity contribution in [2.75, 3.05) is 0 Å². The number of primary amides is 1. The highest BCUT2D eigenvalue weighted by atomic mass is 16.3. The lowest BCUT2D eigenvalue weighted by Gasteiger charge is -2.07. The first kappa shape index (κ1) is 9.54. The van der Waals surface area contributed by atoms with Crippen LogP contribution < -0.4 is 11.5 Å². The van der Waals surface area contributed by atoms with E-state index in [1.165, 1.54) is 12.1 Å². The fourth-order valence-electron chi connectivity index (χ4n) is 1.03. The van der Waals surface area contributed by atoms with Crippen LogP contribution in [-0.4, -0.2) is 11.0 Å². The van der Waals surface area contributed by atoms with Gasteiger partial charge in [-0.05, 0) is 24.6 Å². The van der Waals surface area contributed by atoms with Crippen molar-refractivity contribution in [1.29, 1.82) is 0 Å². The molecule has 1 rings (SSSR count). The molecule has 0 aliphatic carbocycles. The van der Waals surface area contributed by atoms with Gasteiger partial charge in [-0.25, -0.2) is 0 Å². The van der Waals surface area contributed by atoms with E-state index in [0.717, 1.165) is 5.56 Å². The number of benzene rings is 1. The lowest BCUT2D eigenvalue weighted by atomic mass is 10.0. The summed E-state index contributed by atoms with van der Waals surface area (Å²) in [5, 5.41) is 9.25. The molecule has 0 heterocycles. The predicted octanol–water partition coefficient (Wildman–Crippen LogP) is 0.511. The van der Waals surface area contributed by atoms with E-state index in [0.29, 0.717) is 0 Å². The number of carbonyl (C=O) groups excluding carboxylic acids is 1. The second-order valence-corrected chi connectivity index (χ2v) is 2.93. The van der Waals surface area contributed by atoms with Crippen molar-refractivity contribution in [2.24, 2.45) is 11.5 Å². The Bertz CT molecular complexity index is 334. The number of hydrogen-bond acceptors (Lipinski definition) is 3. The monoisotopic (exact) mass is 180 g/mol. The molecule has 1 unspecified atom stereocenters. The van der Waals surface area contributed by atoms with E-state index in [-0.39, 0.29) is 17.4 Å². The van der Waals surface area contributed by atoms with Crippen molar-refractivity contribution in [1.82, 2.24) is 0 Å². The highest BCUT2D eigenvalue weighted by Crippen LogP contribution is 2.20. The molecule has 0 bridgehead atoms. The number of carbonyl (C=O) groups is 1. The van der Waals surface area contributed by atoms with E-state index >= 15 is 0 Å². The van der Waals surface area contributed by atoms with Gasteiger partial charge >= 0.3 is 0 Å². The highest BCUT2D eigenvalue weighted by molar-refractivity contribution is 5.95. The number of nitrogens with two attached hydrogens (primary N) is 2. The fourth-order valence-corrected chi connectivity index (χ4v) is 1.03. The van der Waals surface area contributed by atoms with Gasteiger partial charge in [0.1, 0.15) is 5.75 Å². The Hall–Kier alpha value is -1.55. The molecular formula is C9H12N2O2. The van der Waals surface area contributed by atoms with E-state index in [1.54, 1.807) is 13.0 Å². The van der Waals surface area contributed by atoms with Crippen molar-refractivity contribution in [3.63, 3.8) is 0 Å². The third-order valence-corrected chi connectivity index (χ3v) is 1.81. The zero-order valence-electron chi connectivity index (χ0n) is 7.32. The summed E-state index contributed by atoms with van der Waals surface area (Å²) < 4.78 is 0. The van der Waals surface area contributed by atoms with Crippen LogP contribution in [0.3, 0.4) is 0 Å². The minimum absolute atomic E-state index is 0.106. The van der Waals surface area contributed by atoms with E-state index in [4.69, 9.17) is 11.5 Å². The Labute approximate surface area is 76.2 Å². The van der Waals surface area contributed by atoms with Crippen molar-refractivity contribution >= 4 is 5.91 Å². The molecule has 1 aromatic rings. The quantitative estimate of drug-likeness (QED) is 0.619. The van der Waals surface area contributed by atoms with Crippen LogP contribution in [0.15, 0.2) is 18.2 Å². The van der Waals surface area contributed by atoms with Crippen LogP contribution in [0.25, 0.3) is 0 Å². The van der Waals surface area contributed by atoms with Gasteiger partial charge in [0.05, 0.1) is 5.56 Å². The second-order valence-electron chi connectivity index (χ2n) is 2.93. The van der Waals surface area contributed by atoms with E-state index in [9.17, 15) is 9.90 Å². The number of phenols is 1. The summed E-state index contributed by atoms with van der Waals surface area (Å²) >= 11 is 0. The minimum Gasteiger partial charge on any atom is -0.507 e. The molecule has 0 aliphatic rings. The third-order valence-electron chi connectivity index (χ3n) is 1.81. The molecule has 4 nitrogen and oxygen atoms in total. The third kappa shape index (κ3) is 1.97. The van der Waals surface area contributed by atoms with Crippen LogP contribution in [0.5, 0.6) is 5.75 Å². The molecule has 13 heavy (non-hydrogen) atoms. The SMILES string of the molecule is CC(N)c1ccc(O)c(C(N)=O)c1. The van der Waals surface area contributed by atoms with Crippen molar-refractivity contribution < 1.29 is 9.90 Å². The largest absolute Gasteiger partial charge is 0.507 e. The maximum Gasteiger partial charge on any atom is 0.252 e. The Balaban J connectivity index is 3.19.